The summed E-state index contributed by atoms with van der Waals surface area (Å²) in [5.41, 5.74) is 7.62. The molecule has 0 unspecified atom stereocenters. The summed E-state index contributed by atoms with van der Waals surface area (Å²) in [6.07, 6.45) is 3.18. The molecule has 8 nitrogen and oxygen atoms in total. The number of pyridine rings is 1. The van der Waals surface area contributed by atoms with Crippen LogP contribution in [0.4, 0.5) is 5.69 Å². The summed E-state index contributed by atoms with van der Waals surface area (Å²) in [6.45, 7) is 3.98. The number of benzene rings is 1. The van der Waals surface area contributed by atoms with Crippen LogP contribution in [0.25, 0.3) is 22.5 Å². The fourth-order valence-corrected chi connectivity index (χ4v) is 3.08. The monoisotopic (exact) mass is 389 g/mol. The Balaban J connectivity index is 1.80. The number of anilines is 1. The number of hydrogen-bond acceptors (Lipinski definition) is 5. The molecule has 146 valence electrons. The second-order valence-electron chi connectivity index (χ2n) is 6.85. The van der Waals surface area contributed by atoms with Crippen molar-refractivity contribution in [2.75, 3.05) is 5.32 Å². The molecule has 0 aliphatic carbocycles. The highest BCUT2D eigenvalue weighted by Gasteiger charge is 2.19. The lowest BCUT2D eigenvalue weighted by molar-refractivity contribution is 0.0996. The molecule has 29 heavy (non-hydrogen) atoms. The van der Waals surface area contributed by atoms with Gasteiger partial charge in [-0.15, -0.1) is 0 Å². The quantitative estimate of drug-likeness (QED) is 0.541. The number of furan rings is 1. The molecule has 0 saturated heterocycles. The van der Waals surface area contributed by atoms with Gasteiger partial charge in [0.15, 0.2) is 11.4 Å². The maximum Gasteiger partial charge on any atom is 0.256 e. The first kappa shape index (κ1) is 18.4. The summed E-state index contributed by atoms with van der Waals surface area (Å²) in [7, 11) is 0. The van der Waals surface area contributed by atoms with Crippen molar-refractivity contribution in [2.24, 2.45) is 5.73 Å². The topological polar surface area (TPSA) is 116 Å². The Bertz CT molecular complexity index is 1210. The Morgan fingerprint density at radius 2 is 2.00 bits per heavy atom. The molecule has 2 amide bonds. The largest absolute Gasteiger partial charge is 0.463 e. The second-order valence-corrected chi connectivity index (χ2v) is 6.85. The normalized spacial score (nSPS) is 11.1. The lowest BCUT2D eigenvalue weighted by Gasteiger charge is -2.10. The highest BCUT2D eigenvalue weighted by atomic mass is 16.3. The number of amides is 2. The molecule has 0 aliphatic heterocycles. The van der Waals surface area contributed by atoms with Gasteiger partial charge in [-0.1, -0.05) is 6.07 Å². The van der Waals surface area contributed by atoms with Crippen molar-refractivity contribution in [3.63, 3.8) is 0 Å². The maximum atomic E-state index is 13.1. The van der Waals surface area contributed by atoms with E-state index in [1.807, 2.05) is 13.8 Å². The lowest BCUT2D eigenvalue weighted by atomic mass is 10.1. The summed E-state index contributed by atoms with van der Waals surface area (Å²) in [5, 5.41) is 7.82. The first-order chi connectivity index (χ1) is 13.9. The molecule has 3 N–H and O–H groups in total. The molecule has 8 heteroatoms. The van der Waals surface area contributed by atoms with Gasteiger partial charge in [0.25, 0.3) is 5.91 Å². The van der Waals surface area contributed by atoms with Gasteiger partial charge in [-0.2, -0.15) is 5.10 Å². The van der Waals surface area contributed by atoms with E-state index >= 15 is 0 Å². The Hall–Kier alpha value is -3.94. The molecular formula is C21H19N5O3. The van der Waals surface area contributed by atoms with Crippen molar-refractivity contribution >= 4 is 28.5 Å². The zero-order valence-corrected chi connectivity index (χ0v) is 15.9. The molecule has 4 aromatic rings. The molecule has 4 rings (SSSR count). The predicted octanol–water partition coefficient (Wildman–Crippen LogP) is 3.62. The minimum atomic E-state index is -0.564. The number of hydrogen-bond donors (Lipinski definition) is 2. The molecule has 0 atom stereocenters. The molecule has 0 radical (unpaired) electrons. The van der Waals surface area contributed by atoms with Gasteiger partial charge in [0, 0.05) is 17.3 Å². The fourth-order valence-electron chi connectivity index (χ4n) is 3.08. The standard InChI is InChI=1S/C21H19N5O3/c1-12(2)26-20-16(11-23-26)15(10-17(25-20)18-7-4-8-29-18)21(28)24-14-6-3-5-13(9-14)19(22)27/h3-12H,1-2H3,(H2,22,27)(H,24,28). The molecular weight excluding hydrogens is 370 g/mol. The van der Waals surface area contributed by atoms with E-state index in [9.17, 15) is 9.59 Å². The zero-order chi connectivity index (χ0) is 20.5. The summed E-state index contributed by atoms with van der Waals surface area (Å²) >= 11 is 0. The van der Waals surface area contributed by atoms with Crippen molar-refractivity contribution in [3.8, 4) is 11.5 Å². The number of primary amides is 1. The van der Waals surface area contributed by atoms with Crippen LogP contribution in [0.1, 0.15) is 40.6 Å². The third-order valence-electron chi connectivity index (χ3n) is 4.48. The molecule has 0 aliphatic rings. The number of rotatable bonds is 5. The SMILES string of the molecule is CC(C)n1ncc2c(C(=O)Nc3cccc(C(N)=O)c3)cc(-c3ccco3)nc21. The van der Waals surface area contributed by atoms with Crippen LogP contribution in [0.3, 0.4) is 0 Å². The zero-order valence-electron chi connectivity index (χ0n) is 15.9. The van der Waals surface area contributed by atoms with Crippen LogP contribution in [0.2, 0.25) is 0 Å². The highest BCUT2D eigenvalue weighted by molar-refractivity contribution is 6.12. The second kappa shape index (κ2) is 7.23. The molecule has 0 saturated carbocycles. The molecule has 0 spiro atoms. The summed E-state index contributed by atoms with van der Waals surface area (Å²) in [6, 6.07) is 11.7. The van der Waals surface area contributed by atoms with E-state index in [0.29, 0.717) is 39.3 Å². The lowest BCUT2D eigenvalue weighted by Crippen LogP contribution is -2.15. The van der Waals surface area contributed by atoms with Crippen LogP contribution in [-0.4, -0.2) is 26.6 Å². The third kappa shape index (κ3) is 3.47. The molecule has 3 heterocycles. The average Bonchev–Trinajstić information content (AvgIpc) is 3.37. The minimum Gasteiger partial charge on any atom is -0.463 e. The first-order valence-electron chi connectivity index (χ1n) is 9.07. The highest BCUT2D eigenvalue weighted by Crippen LogP contribution is 2.27. The van der Waals surface area contributed by atoms with Gasteiger partial charge >= 0.3 is 0 Å². The van der Waals surface area contributed by atoms with Crippen LogP contribution >= 0.6 is 0 Å². The Kier molecular flexibility index (Phi) is 4.59. The molecule has 3 aromatic heterocycles. The molecule has 0 fully saturated rings. The smallest absolute Gasteiger partial charge is 0.256 e. The van der Waals surface area contributed by atoms with E-state index in [1.165, 1.54) is 6.07 Å². The first-order valence-corrected chi connectivity index (χ1v) is 9.07. The Morgan fingerprint density at radius 3 is 2.69 bits per heavy atom. The number of nitrogens with one attached hydrogen (secondary N) is 1. The van der Waals surface area contributed by atoms with Crippen molar-refractivity contribution < 1.29 is 14.0 Å². The Morgan fingerprint density at radius 1 is 1.17 bits per heavy atom. The molecule has 0 bridgehead atoms. The van der Waals surface area contributed by atoms with E-state index in [0.717, 1.165) is 0 Å². The van der Waals surface area contributed by atoms with Crippen molar-refractivity contribution in [2.45, 2.75) is 19.9 Å². The van der Waals surface area contributed by atoms with E-state index in [4.69, 9.17) is 10.2 Å². The van der Waals surface area contributed by atoms with E-state index in [1.54, 1.807) is 53.5 Å². The van der Waals surface area contributed by atoms with Crippen molar-refractivity contribution in [1.29, 1.82) is 0 Å². The van der Waals surface area contributed by atoms with Crippen LogP contribution in [0, 0.1) is 0 Å². The van der Waals surface area contributed by atoms with Gasteiger partial charge in [0.05, 0.1) is 23.4 Å². The van der Waals surface area contributed by atoms with Gasteiger partial charge in [0.2, 0.25) is 5.91 Å². The maximum absolute atomic E-state index is 13.1. The van der Waals surface area contributed by atoms with Crippen LogP contribution in [0.15, 0.2) is 59.3 Å². The van der Waals surface area contributed by atoms with Gasteiger partial charge in [-0.3, -0.25) is 9.59 Å². The number of nitrogens with zero attached hydrogens (tertiary/aromatic N) is 3. The van der Waals surface area contributed by atoms with Gasteiger partial charge in [-0.05, 0) is 50.2 Å². The van der Waals surface area contributed by atoms with E-state index in [2.05, 4.69) is 15.4 Å². The van der Waals surface area contributed by atoms with Crippen molar-refractivity contribution in [1.82, 2.24) is 14.8 Å². The van der Waals surface area contributed by atoms with Gasteiger partial charge in [-0.25, -0.2) is 9.67 Å². The fraction of sp³-hybridized carbons (Fsp3) is 0.143. The van der Waals surface area contributed by atoms with Crippen LogP contribution in [0.5, 0.6) is 0 Å². The van der Waals surface area contributed by atoms with Gasteiger partial charge < -0.3 is 15.5 Å². The number of aromatic nitrogens is 3. The number of carbonyl (C=O) groups is 2. The number of nitrogens with two attached hydrogens (primary N) is 1. The van der Waals surface area contributed by atoms with Crippen molar-refractivity contribution in [3.05, 3.63) is 66.1 Å². The summed E-state index contributed by atoms with van der Waals surface area (Å²) in [4.78, 5) is 29.1. The van der Waals surface area contributed by atoms with E-state index < -0.39 is 5.91 Å². The summed E-state index contributed by atoms with van der Waals surface area (Å²) < 4.78 is 7.22. The average molecular weight is 389 g/mol. The van der Waals surface area contributed by atoms with Crippen LogP contribution < -0.4 is 11.1 Å². The molecule has 1 aromatic carbocycles. The number of fused-ring (bicyclic) bond motifs is 1. The van der Waals surface area contributed by atoms with Crippen LogP contribution in [-0.2, 0) is 0 Å². The summed E-state index contributed by atoms with van der Waals surface area (Å²) in [5.74, 6) is -0.367. The van der Waals surface area contributed by atoms with Gasteiger partial charge in [0.1, 0.15) is 5.69 Å². The predicted molar refractivity (Wildman–Crippen MR) is 109 cm³/mol. The number of carbonyl (C=O) groups excluding carboxylic acids is 2. The van der Waals surface area contributed by atoms with E-state index in [-0.39, 0.29) is 11.9 Å². The minimum absolute atomic E-state index is 0.0648. The third-order valence-corrected chi connectivity index (χ3v) is 4.48. The Labute approximate surface area is 166 Å².